The summed E-state index contributed by atoms with van der Waals surface area (Å²) >= 11 is 0. The number of aliphatic hydroxyl groups excluding tert-OH is 1. The van der Waals surface area contributed by atoms with Crippen molar-refractivity contribution in [1.29, 1.82) is 0 Å². The average molecular weight is 559 g/mol. The van der Waals surface area contributed by atoms with E-state index in [1.165, 1.54) is 0 Å². The fourth-order valence-electron chi connectivity index (χ4n) is 4.38. The number of nitrogens with one attached hydrogen (secondary N) is 1. The van der Waals surface area contributed by atoms with Crippen LogP contribution in [-0.4, -0.2) is 52.9 Å². The second-order valence-corrected chi connectivity index (χ2v) is 9.46. The fraction of sp³-hybridized carbons (Fsp3) is 0.281. The number of carboxylic acids is 1. The summed E-state index contributed by atoms with van der Waals surface area (Å²) in [5.41, 5.74) is 4.41. The summed E-state index contributed by atoms with van der Waals surface area (Å²) in [7, 11) is 0. The van der Waals surface area contributed by atoms with Crippen LogP contribution in [0.2, 0.25) is 0 Å². The molecular weight excluding hydrogens is 524 g/mol. The van der Waals surface area contributed by atoms with Crippen molar-refractivity contribution in [2.45, 2.75) is 39.0 Å². The molecule has 0 bridgehead atoms. The normalized spacial score (nSPS) is 12.6. The van der Waals surface area contributed by atoms with E-state index in [4.69, 9.17) is 13.9 Å². The maximum absolute atomic E-state index is 13.2. The van der Waals surface area contributed by atoms with Gasteiger partial charge in [-0.1, -0.05) is 48.5 Å². The third-order valence-corrected chi connectivity index (χ3v) is 6.57. The molecule has 9 nitrogen and oxygen atoms in total. The number of benzene rings is 3. The number of hydrogen-bond acceptors (Lipinski definition) is 7. The maximum Gasteiger partial charge on any atom is 0.326 e. The highest BCUT2D eigenvalue weighted by Crippen LogP contribution is 2.30. The summed E-state index contributed by atoms with van der Waals surface area (Å²) in [4.78, 5) is 29.2. The second kappa shape index (κ2) is 14.4. The number of oxazole rings is 1. The van der Waals surface area contributed by atoms with Gasteiger partial charge in [0.2, 0.25) is 5.89 Å². The molecule has 0 aliphatic heterocycles. The minimum absolute atomic E-state index is 0.0957. The van der Waals surface area contributed by atoms with Crippen molar-refractivity contribution in [2.75, 3.05) is 19.8 Å². The molecule has 4 aromatic rings. The van der Waals surface area contributed by atoms with Crippen molar-refractivity contribution in [3.8, 4) is 22.6 Å². The number of aliphatic carboxylic acids is 1. The number of carbonyl (C=O) groups excluding carboxylic acids is 1. The summed E-state index contributed by atoms with van der Waals surface area (Å²) in [6, 6.07) is 21.3. The zero-order valence-corrected chi connectivity index (χ0v) is 23.1. The number of amides is 1. The predicted molar refractivity (Wildman–Crippen MR) is 153 cm³/mol. The van der Waals surface area contributed by atoms with E-state index < -0.39 is 24.0 Å². The monoisotopic (exact) mass is 558 g/mol. The van der Waals surface area contributed by atoms with Gasteiger partial charge in [-0.15, -0.1) is 0 Å². The van der Waals surface area contributed by atoms with Crippen molar-refractivity contribution in [2.24, 2.45) is 0 Å². The smallest absolute Gasteiger partial charge is 0.326 e. The van der Waals surface area contributed by atoms with Crippen LogP contribution in [0.4, 0.5) is 0 Å². The Morgan fingerprint density at radius 3 is 2.49 bits per heavy atom. The molecule has 2 atom stereocenters. The standard InChI is InChI=1S/C32H34N2O7/c1-3-39-20-29(28-18-33-31(41-28)23-10-5-4-6-11-23)40-19-22-13-14-25(30(36)34-27(15-16-35)32(37)38)26(17-22)24-12-8-7-9-21(24)2/h4-14,17-18,27,29,35H,3,15-16,19-20H2,1-2H3,(H,34,36)(H,37,38). The van der Waals surface area contributed by atoms with Crippen LogP contribution in [0.25, 0.3) is 22.6 Å². The van der Waals surface area contributed by atoms with E-state index >= 15 is 0 Å². The van der Waals surface area contributed by atoms with E-state index in [0.29, 0.717) is 29.4 Å². The number of carboxylic acid groups (broad SMARTS) is 1. The minimum atomic E-state index is -1.21. The van der Waals surface area contributed by atoms with Gasteiger partial charge in [-0.05, 0) is 60.4 Å². The lowest BCUT2D eigenvalue weighted by Crippen LogP contribution is -2.41. The Kier molecular flexibility index (Phi) is 10.4. The Bertz CT molecular complexity index is 1450. The second-order valence-electron chi connectivity index (χ2n) is 9.46. The van der Waals surface area contributed by atoms with E-state index in [-0.39, 0.29) is 26.2 Å². The average Bonchev–Trinajstić information content (AvgIpc) is 3.48. The van der Waals surface area contributed by atoms with Crippen LogP contribution < -0.4 is 5.32 Å². The molecule has 0 aliphatic carbocycles. The van der Waals surface area contributed by atoms with Gasteiger partial charge in [0, 0.05) is 30.8 Å². The highest BCUT2D eigenvalue weighted by Gasteiger charge is 2.23. The number of nitrogens with zero attached hydrogens (tertiary/aromatic N) is 1. The number of hydrogen-bond donors (Lipinski definition) is 3. The zero-order valence-electron chi connectivity index (χ0n) is 23.1. The topological polar surface area (TPSA) is 131 Å². The summed E-state index contributed by atoms with van der Waals surface area (Å²) in [5, 5.41) is 21.2. The number of aryl methyl sites for hydroxylation is 1. The lowest BCUT2D eigenvalue weighted by Gasteiger charge is -2.19. The molecule has 2 unspecified atom stereocenters. The number of aromatic nitrogens is 1. The molecule has 0 aliphatic rings. The van der Waals surface area contributed by atoms with Crippen LogP contribution in [0.3, 0.4) is 0 Å². The van der Waals surface area contributed by atoms with Crippen molar-refractivity contribution in [1.82, 2.24) is 10.3 Å². The predicted octanol–water partition coefficient (Wildman–Crippen LogP) is 5.18. The van der Waals surface area contributed by atoms with Crippen molar-refractivity contribution in [3.63, 3.8) is 0 Å². The van der Waals surface area contributed by atoms with Crippen LogP contribution in [0.5, 0.6) is 0 Å². The molecule has 214 valence electrons. The molecule has 0 radical (unpaired) electrons. The Morgan fingerprint density at radius 1 is 1.02 bits per heavy atom. The molecule has 41 heavy (non-hydrogen) atoms. The van der Waals surface area contributed by atoms with Crippen LogP contribution in [0, 0.1) is 6.92 Å². The lowest BCUT2D eigenvalue weighted by atomic mass is 9.93. The molecule has 3 aromatic carbocycles. The quantitative estimate of drug-likeness (QED) is 0.193. The van der Waals surface area contributed by atoms with Crippen molar-refractivity contribution in [3.05, 3.63) is 101 Å². The molecule has 1 heterocycles. The summed E-state index contributed by atoms with van der Waals surface area (Å²) < 4.78 is 17.9. The molecule has 0 saturated carbocycles. The number of ether oxygens (including phenoxy) is 2. The van der Waals surface area contributed by atoms with E-state index in [1.807, 2.05) is 74.5 Å². The van der Waals surface area contributed by atoms with Crippen LogP contribution in [0.1, 0.15) is 46.7 Å². The Morgan fingerprint density at radius 2 is 1.78 bits per heavy atom. The van der Waals surface area contributed by atoms with Gasteiger partial charge in [0.05, 0.1) is 19.4 Å². The zero-order chi connectivity index (χ0) is 29.2. The summed E-state index contributed by atoms with van der Waals surface area (Å²) in [6.45, 7) is 4.46. The third-order valence-electron chi connectivity index (χ3n) is 6.57. The summed E-state index contributed by atoms with van der Waals surface area (Å²) in [5.74, 6) is -0.723. The minimum Gasteiger partial charge on any atom is -0.480 e. The Hall–Kier alpha value is -4.31. The van der Waals surface area contributed by atoms with E-state index in [9.17, 15) is 19.8 Å². The number of aliphatic hydroxyl groups is 1. The first-order valence-corrected chi connectivity index (χ1v) is 13.4. The van der Waals surface area contributed by atoms with Gasteiger partial charge < -0.3 is 29.4 Å². The molecule has 4 rings (SSSR count). The molecule has 1 aromatic heterocycles. The van der Waals surface area contributed by atoms with E-state index in [0.717, 1.165) is 22.3 Å². The largest absolute Gasteiger partial charge is 0.480 e. The van der Waals surface area contributed by atoms with Gasteiger partial charge in [-0.25, -0.2) is 9.78 Å². The highest BCUT2D eigenvalue weighted by molar-refractivity contribution is 6.02. The van der Waals surface area contributed by atoms with Crippen molar-refractivity contribution >= 4 is 11.9 Å². The van der Waals surface area contributed by atoms with Gasteiger partial charge in [0.25, 0.3) is 5.91 Å². The van der Waals surface area contributed by atoms with Gasteiger partial charge in [0.1, 0.15) is 12.1 Å². The number of carbonyl (C=O) groups is 2. The maximum atomic E-state index is 13.2. The van der Waals surface area contributed by atoms with Gasteiger partial charge in [0.15, 0.2) is 5.76 Å². The van der Waals surface area contributed by atoms with Gasteiger partial charge in [-0.3, -0.25) is 4.79 Å². The first kappa shape index (κ1) is 29.7. The van der Waals surface area contributed by atoms with Crippen LogP contribution >= 0.6 is 0 Å². The SMILES string of the molecule is CCOCC(OCc1ccc(C(=O)NC(CCO)C(=O)O)c(-c2ccccc2C)c1)c1cnc(-c2ccccc2)o1. The molecule has 9 heteroatoms. The molecule has 0 fully saturated rings. The highest BCUT2D eigenvalue weighted by atomic mass is 16.5. The lowest BCUT2D eigenvalue weighted by molar-refractivity contribution is -0.139. The molecule has 3 N–H and O–H groups in total. The number of rotatable bonds is 14. The molecule has 0 saturated heterocycles. The molecule has 0 spiro atoms. The Balaban J connectivity index is 1.60. The van der Waals surface area contributed by atoms with Gasteiger partial charge in [-0.2, -0.15) is 0 Å². The van der Waals surface area contributed by atoms with Crippen molar-refractivity contribution < 1.29 is 33.7 Å². The van der Waals surface area contributed by atoms with Crippen LogP contribution in [0.15, 0.2) is 83.4 Å². The first-order valence-electron chi connectivity index (χ1n) is 13.4. The van der Waals surface area contributed by atoms with Crippen LogP contribution in [-0.2, 0) is 20.9 Å². The fourth-order valence-corrected chi connectivity index (χ4v) is 4.38. The van der Waals surface area contributed by atoms with Gasteiger partial charge >= 0.3 is 5.97 Å². The molecular formula is C32H34N2O7. The summed E-state index contributed by atoms with van der Waals surface area (Å²) in [6.07, 6.45) is 1.03. The molecule has 1 amide bonds. The third kappa shape index (κ3) is 7.67. The van der Waals surface area contributed by atoms with E-state index in [1.54, 1.807) is 18.3 Å². The Labute approximate surface area is 238 Å². The van der Waals surface area contributed by atoms with E-state index in [2.05, 4.69) is 10.3 Å². The first-order chi connectivity index (χ1) is 19.9.